The minimum atomic E-state index is -2.84. The Morgan fingerprint density at radius 3 is 2.63 bits per heavy atom. The number of halogens is 1. The van der Waals surface area contributed by atoms with Crippen molar-refractivity contribution in [1.29, 1.82) is 0 Å². The maximum atomic E-state index is 11.7. The zero-order chi connectivity index (χ0) is 13.9. The van der Waals surface area contributed by atoms with E-state index in [0.717, 1.165) is 24.3 Å². The van der Waals surface area contributed by atoms with Crippen LogP contribution in [0.15, 0.2) is 24.3 Å². The van der Waals surface area contributed by atoms with E-state index < -0.39 is 9.84 Å². The van der Waals surface area contributed by atoms with Crippen LogP contribution in [0.4, 0.5) is 0 Å². The van der Waals surface area contributed by atoms with Crippen LogP contribution in [0, 0.1) is 0 Å². The molecule has 0 amide bonds. The molecule has 1 aliphatic heterocycles. The summed E-state index contributed by atoms with van der Waals surface area (Å²) < 4.78 is 23.4. The molecular weight excluding hydrogens is 282 g/mol. The lowest BCUT2D eigenvalue weighted by molar-refractivity contribution is 0.521. The highest BCUT2D eigenvalue weighted by atomic mass is 35.5. The highest BCUT2D eigenvalue weighted by Gasteiger charge is 2.30. The van der Waals surface area contributed by atoms with Gasteiger partial charge in [-0.15, -0.1) is 0 Å². The van der Waals surface area contributed by atoms with E-state index >= 15 is 0 Å². The average molecular weight is 302 g/mol. The quantitative estimate of drug-likeness (QED) is 0.908. The van der Waals surface area contributed by atoms with E-state index in [4.69, 9.17) is 11.6 Å². The number of sulfone groups is 1. The van der Waals surface area contributed by atoms with E-state index in [2.05, 4.69) is 12.2 Å². The Morgan fingerprint density at radius 2 is 2.05 bits per heavy atom. The molecule has 0 aromatic heterocycles. The van der Waals surface area contributed by atoms with Gasteiger partial charge in [-0.05, 0) is 43.9 Å². The largest absolute Gasteiger partial charge is 0.313 e. The molecule has 1 fully saturated rings. The van der Waals surface area contributed by atoms with Gasteiger partial charge in [0.25, 0.3) is 0 Å². The lowest BCUT2D eigenvalue weighted by Gasteiger charge is -2.17. The normalized spacial score (nSPS) is 23.4. The highest BCUT2D eigenvalue weighted by molar-refractivity contribution is 7.92. The number of hydrogen-bond donors (Lipinski definition) is 1. The lowest BCUT2D eigenvalue weighted by atomic mass is 10.1. The fourth-order valence-corrected chi connectivity index (χ4v) is 4.37. The Hall–Kier alpha value is -0.580. The summed E-state index contributed by atoms with van der Waals surface area (Å²) in [4.78, 5) is 0. The Bertz CT molecular complexity index is 513. The van der Waals surface area contributed by atoms with Crippen molar-refractivity contribution >= 4 is 21.4 Å². The van der Waals surface area contributed by atoms with Crippen molar-refractivity contribution in [2.24, 2.45) is 0 Å². The van der Waals surface area contributed by atoms with Crippen LogP contribution in [0.1, 0.15) is 25.3 Å². The fourth-order valence-electron chi connectivity index (χ4n) is 2.47. The summed E-state index contributed by atoms with van der Waals surface area (Å²) in [6.45, 7) is 2.65. The van der Waals surface area contributed by atoms with E-state index in [1.54, 1.807) is 0 Å². The first-order valence-electron chi connectivity index (χ1n) is 6.67. The molecule has 1 aromatic rings. The van der Waals surface area contributed by atoms with Crippen molar-refractivity contribution in [3.05, 3.63) is 34.9 Å². The monoisotopic (exact) mass is 301 g/mol. The second-order valence-corrected chi connectivity index (χ2v) is 8.11. The first-order chi connectivity index (χ1) is 8.97. The van der Waals surface area contributed by atoms with E-state index in [-0.39, 0.29) is 11.3 Å². The van der Waals surface area contributed by atoms with Gasteiger partial charge in [-0.2, -0.15) is 0 Å². The van der Waals surface area contributed by atoms with E-state index in [0.29, 0.717) is 12.3 Å². The van der Waals surface area contributed by atoms with Crippen LogP contribution in [0.2, 0.25) is 5.02 Å². The van der Waals surface area contributed by atoms with Crippen LogP contribution < -0.4 is 5.32 Å². The minimum absolute atomic E-state index is 0.194. The first-order valence-corrected chi connectivity index (χ1v) is 8.76. The molecule has 0 aliphatic carbocycles. The van der Waals surface area contributed by atoms with Crippen LogP contribution in [0.25, 0.3) is 0 Å². The van der Waals surface area contributed by atoms with Crippen LogP contribution in [0.3, 0.4) is 0 Å². The SMILES string of the molecule is C[C@@H](Cc1ccc(Cl)cc1)NC[C@H]1CCCS1(=O)=O. The van der Waals surface area contributed by atoms with Gasteiger partial charge >= 0.3 is 0 Å². The van der Waals surface area contributed by atoms with Crippen LogP contribution in [-0.4, -0.2) is 32.0 Å². The average Bonchev–Trinajstić information content (AvgIpc) is 2.69. The Labute approximate surface area is 120 Å². The maximum absolute atomic E-state index is 11.7. The minimum Gasteiger partial charge on any atom is -0.313 e. The number of hydrogen-bond acceptors (Lipinski definition) is 3. The van der Waals surface area contributed by atoms with Crippen molar-refractivity contribution in [1.82, 2.24) is 5.32 Å². The predicted molar refractivity (Wildman–Crippen MR) is 79.4 cm³/mol. The third kappa shape index (κ3) is 4.20. The van der Waals surface area contributed by atoms with Crippen molar-refractivity contribution in [3.8, 4) is 0 Å². The fraction of sp³-hybridized carbons (Fsp3) is 0.571. The van der Waals surface area contributed by atoms with Crippen molar-refractivity contribution < 1.29 is 8.42 Å². The predicted octanol–water partition coefficient (Wildman–Crippen LogP) is 2.44. The van der Waals surface area contributed by atoms with Gasteiger partial charge in [0.15, 0.2) is 9.84 Å². The molecule has 19 heavy (non-hydrogen) atoms. The molecule has 2 atom stereocenters. The smallest absolute Gasteiger partial charge is 0.154 e. The summed E-state index contributed by atoms with van der Waals surface area (Å²) in [7, 11) is -2.84. The summed E-state index contributed by atoms with van der Waals surface area (Å²) in [6, 6.07) is 8.03. The summed E-state index contributed by atoms with van der Waals surface area (Å²) in [5.41, 5.74) is 1.21. The standard InChI is InChI=1S/C14H20ClNO2S/c1-11(9-12-4-6-13(15)7-5-12)16-10-14-3-2-8-19(14,17)18/h4-7,11,14,16H,2-3,8-10H2,1H3/t11-,14+/m0/s1. The molecule has 0 bridgehead atoms. The summed E-state index contributed by atoms with van der Waals surface area (Å²) in [6.07, 6.45) is 2.48. The molecule has 5 heteroatoms. The highest BCUT2D eigenvalue weighted by Crippen LogP contribution is 2.19. The van der Waals surface area contributed by atoms with Crippen LogP contribution in [-0.2, 0) is 16.3 Å². The molecule has 1 heterocycles. The number of nitrogens with one attached hydrogen (secondary N) is 1. The zero-order valence-corrected chi connectivity index (χ0v) is 12.7. The molecule has 0 radical (unpaired) electrons. The molecule has 0 saturated carbocycles. The van der Waals surface area contributed by atoms with Gasteiger partial charge in [-0.1, -0.05) is 23.7 Å². The molecule has 1 saturated heterocycles. The van der Waals surface area contributed by atoms with Crippen molar-refractivity contribution in [2.75, 3.05) is 12.3 Å². The van der Waals surface area contributed by atoms with Gasteiger partial charge in [0.2, 0.25) is 0 Å². The van der Waals surface area contributed by atoms with Gasteiger partial charge in [-0.3, -0.25) is 0 Å². The second kappa shape index (κ2) is 6.25. The van der Waals surface area contributed by atoms with Gasteiger partial charge in [0, 0.05) is 17.6 Å². The summed E-state index contributed by atoms with van der Waals surface area (Å²) in [5.74, 6) is 0.352. The van der Waals surface area contributed by atoms with Crippen molar-refractivity contribution in [2.45, 2.75) is 37.5 Å². The molecule has 0 spiro atoms. The van der Waals surface area contributed by atoms with Crippen LogP contribution >= 0.6 is 11.6 Å². The zero-order valence-electron chi connectivity index (χ0n) is 11.1. The Morgan fingerprint density at radius 1 is 1.37 bits per heavy atom. The topological polar surface area (TPSA) is 46.2 Å². The first kappa shape index (κ1) is 14.8. The summed E-state index contributed by atoms with van der Waals surface area (Å²) >= 11 is 5.84. The van der Waals surface area contributed by atoms with Gasteiger partial charge in [-0.25, -0.2) is 8.42 Å². The molecule has 3 nitrogen and oxygen atoms in total. The maximum Gasteiger partial charge on any atom is 0.154 e. The second-order valence-electron chi connectivity index (χ2n) is 5.27. The number of benzene rings is 1. The number of rotatable bonds is 5. The molecule has 0 unspecified atom stereocenters. The van der Waals surface area contributed by atoms with Gasteiger partial charge < -0.3 is 5.32 Å². The Balaban J connectivity index is 1.82. The molecular formula is C14H20ClNO2S. The molecule has 1 aromatic carbocycles. The third-order valence-corrected chi connectivity index (χ3v) is 6.14. The third-order valence-electron chi connectivity index (χ3n) is 3.61. The Kier molecular flexibility index (Phi) is 4.87. The summed E-state index contributed by atoms with van der Waals surface area (Å²) in [5, 5.41) is 3.87. The van der Waals surface area contributed by atoms with Gasteiger partial charge in [0.1, 0.15) is 0 Å². The molecule has 1 N–H and O–H groups in total. The molecule has 106 valence electrons. The van der Waals surface area contributed by atoms with E-state index in [9.17, 15) is 8.42 Å². The van der Waals surface area contributed by atoms with Gasteiger partial charge in [0.05, 0.1) is 11.0 Å². The molecule has 2 rings (SSSR count). The van der Waals surface area contributed by atoms with Crippen LogP contribution in [0.5, 0.6) is 0 Å². The van der Waals surface area contributed by atoms with E-state index in [1.807, 2.05) is 24.3 Å². The van der Waals surface area contributed by atoms with Crippen molar-refractivity contribution in [3.63, 3.8) is 0 Å². The van der Waals surface area contributed by atoms with E-state index in [1.165, 1.54) is 5.56 Å². The lowest BCUT2D eigenvalue weighted by Crippen LogP contribution is -2.37. The molecule has 1 aliphatic rings.